The molecular formula is C10H16BrN5. The summed E-state index contributed by atoms with van der Waals surface area (Å²) in [5, 5.41) is 6.46. The first-order chi connectivity index (χ1) is 7.70. The molecule has 0 aromatic carbocycles. The number of nitrogens with zero attached hydrogens (tertiary/aromatic N) is 3. The van der Waals surface area contributed by atoms with Crippen molar-refractivity contribution in [3.63, 3.8) is 0 Å². The van der Waals surface area contributed by atoms with Gasteiger partial charge in [-0.1, -0.05) is 0 Å². The van der Waals surface area contributed by atoms with Gasteiger partial charge in [-0.15, -0.1) is 0 Å². The van der Waals surface area contributed by atoms with Gasteiger partial charge < -0.3 is 15.5 Å². The van der Waals surface area contributed by atoms with Crippen molar-refractivity contribution in [1.82, 2.24) is 14.9 Å². The number of nitrogens with one attached hydrogen (secondary N) is 2. The molecule has 0 aliphatic carbocycles. The molecule has 0 radical (unpaired) electrons. The smallest absolute Gasteiger partial charge is 0.146 e. The third-order valence-corrected chi connectivity index (χ3v) is 3.51. The fraction of sp³-hybridized carbons (Fsp3) is 0.600. The van der Waals surface area contributed by atoms with E-state index in [1.54, 1.807) is 6.33 Å². The number of likely N-dealkylation sites (tertiary alicyclic amines) is 1. The largest absolute Gasteiger partial charge is 0.372 e. The summed E-state index contributed by atoms with van der Waals surface area (Å²) in [5.74, 6) is 1.67. The van der Waals surface area contributed by atoms with Gasteiger partial charge in [-0.2, -0.15) is 0 Å². The molecule has 1 aromatic heterocycles. The van der Waals surface area contributed by atoms with Crippen LogP contribution in [0.15, 0.2) is 10.8 Å². The van der Waals surface area contributed by atoms with Crippen molar-refractivity contribution in [2.24, 2.45) is 0 Å². The monoisotopic (exact) mass is 285 g/mol. The standard InChI is InChI=1S/C10H16BrN5/c1-12-9-8(11)10(14-6-13-9)15-7-3-4-16(2)5-7/h6-7H,3-5H2,1-2H3,(H2,12,13,14,15). The molecule has 1 aliphatic rings. The van der Waals surface area contributed by atoms with Crippen molar-refractivity contribution < 1.29 is 0 Å². The number of likely N-dealkylation sites (N-methyl/N-ethyl adjacent to an activating group) is 1. The lowest BCUT2D eigenvalue weighted by Crippen LogP contribution is -2.24. The Morgan fingerprint density at radius 3 is 2.81 bits per heavy atom. The molecule has 1 fully saturated rings. The van der Waals surface area contributed by atoms with Gasteiger partial charge in [-0.05, 0) is 35.9 Å². The van der Waals surface area contributed by atoms with E-state index in [-0.39, 0.29) is 0 Å². The summed E-state index contributed by atoms with van der Waals surface area (Å²) < 4.78 is 0.895. The van der Waals surface area contributed by atoms with Crippen LogP contribution in [0.4, 0.5) is 11.6 Å². The second kappa shape index (κ2) is 4.97. The average Bonchev–Trinajstić information content (AvgIpc) is 2.67. The Morgan fingerprint density at radius 1 is 1.44 bits per heavy atom. The zero-order chi connectivity index (χ0) is 11.5. The molecule has 2 heterocycles. The number of hydrogen-bond donors (Lipinski definition) is 2. The zero-order valence-electron chi connectivity index (χ0n) is 9.50. The maximum Gasteiger partial charge on any atom is 0.146 e. The maximum atomic E-state index is 4.25. The topological polar surface area (TPSA) is 53.1 Å². The summed E-state index contributed by atoms with van der Waals surface area (Å²) >= 11 is 3.50. The molecule has 0 saturated carbocycles. The van der Waals surface area contributed by atoms with Gasteiger partial charge in [0, 0.05) is 19.6 Å². The van der Waals surface area contributed by atoms with Crippen LogP contribution in [0.25, 0.3) is 0 Å². The van der Waals surface area contributed by atoms with E-state index >= 15 is 0 Å². The summed E-state index contributed by atoms with van der Waals surface area (Å²) in [7, 11) is 3.98. The fourth-order valence-corrected chi connectivity index (χ4v) is 2.41. The molecule has 1 aromatic rings. The molecule has 0 amide bonds. The van der Waals surface area contributed by atoms with Gasteiger partial charge in [0.25, 0.3) is 0 Å². The minimum absolute atomic E-state index is 0.473. The zero-order valence-corrected chi connectivity index (χ0v) is 11.1. The van der Waals surface area contributed by atoms with Crippen LogP contribution in [-0.2, 0) is 0 Å². The molecule has 5 nitrogen and oxygen atoms in total. The molecule has 16 heavy (non-hydrogen) atoms. The van der Waals surface area contributed by atoms with Crippen molar-refractivity contribution >= 4 is 27.6 Å². The Kier molecular flexibility index (Phi) is 3.60. The van der Waals surface area contributed by atoms with Crippen molar-refractivity contribution in [3.8, 4) is 0 Å². The average molecular weight is 286 g/mol. The van der Waals surface area contributed by atoms with Crippen LogP contribution in [0.2, 0.25) is 0 Å². The number of anilines is 2. The SMILES string of the molecule is CNc1ncnc(NC2CCN(C)C2)c1Br. The van der Waals surface area contributed by atoms with Crippen LogP contribution in [0.3, 0.4) is 0 Å². The molecule has 88 valence electrons. The Labute approximate surface area is 104 Å². The van der Waals surface area contributed by atoms with Crippen molar-refractivity contribution in [2.45, 2.75) is 12.5 Å². The van der Waals surface area contributed by atoms with Gasteiger partial charge in [-0.25, -0.2) is 9.97 Å². The molecule has 1 saturated heterocycles. The molecule has 6 heteroatoms. The molecule has 1 unspecified atom stereocenters. The first-order valence-corrected chi connectivity index (χ1v) is 6.13. The third-order valence-electron chi connectivity index (χ3n) is 2.76. The number of rotatable bonds is 3. The van der Waals surface area contributed by atoms with Crippen LogP contribution in [-0.4, -0.2) is 48.1 Å². The number of aromatic nitrogens is 2. The Hall–Kier alpha value is -0.880. The van der Waals surface area contributed by atoms with Crippen LogP contribution in [0, 0.1) is 0 Å². The van der Waals surface area contributed by atoms with Crippen LogP contribution >= 0.6 is 15.9 Å². The summed E-state index contributed by atoms with van der Waals surface area (Å²) in [4.78, 5) is 10.7. The van der Waals surface area contributed by atoms with Crippen LogP contribution < -0.4 is 10.6 Å². The molecule has 0 spiro atoms. The minimum atomic E-state index is 0.473. The molecule has 2 rings (SSSR count). The summed E-state index contributed by atoms with van der Waals surface area (Å²) in [6.07, 6.45) is 2.72. The van der Waals surface area contributed by atoms with Gasteiger partial charge in [0.15, 0.2) is 0 Å². The van der Waals surface area contributed by atoms with E-state index in [0.717, 1.165) is 35.6 Å². The normalized spacial score (nSPS) is 21.1. The molecule has 1 atom stereocenters. The predicted molar refractivity (Wildman–Crippen MR) is 68.8 cm³/mol. The van der Waals surface area contributed by atoms with Gasteiger partial charge in [0.05, 0.1) is 0 Å². The highest BCUT2D eigenvalue weighted by atomic mass is 79.9. The van der Waals surface area contributed by atoms with E-state index in [0.29, 0.717) is 6.04 Å². The van der Waals surface area contributed by atoms with E-state index < -0.39 is 0 Å². The van der Waals surface area contributed by atoms with E-state index in [1.165, 1.54) is 0 Å². The summed E-state index contributed by atoms with van der Waals surface area (Å²) in [6.45, 7) is 2.20. The third kappa shape index (κ3) is 2.44. The highest BCUT2D eigenvalue weighted by Gasteiger charge is 2.20. The van der Waals surface area contributed by atoms with Crippen molar-refractivity contribution in [3.05, 3.63) is 10.8 Å². The van der Waals surface area contributed by atoms with E-state index in [4.69, 9.17) is 0 Å². The van der Waals surface area contributed by atoms with Gasteiger partial charge in [0.1, 0.15) is 22.4 Å². The predicted octanol–water partition coefficient (Wildman–Crippen LogP) is 1.40. The lowest BCUT2D eigenvalue weighted by Gasteiger charge is -2.15. The first-order valence-electron chi connectivity index (χ1n) is 5.34. The molecule has 2 N–H and O–H groups in total. The van der Waals surface area contributed by atoms with Gasteiger partial charge in [0.2, 0.25) is 0 Å². The second-order valence-electron chi connectivity index (χ2n) is 4.03. The molecular weight excluding hydrogens is 270 g/mol. The Morgan fingerprint density at radius 2 is 2.19 bits per heavy atom. The molecule has 1 aliphatic heterocycles. The quantitative estimate of drug-likeness (QED) is 0.879. The van der Waals surface area contributed by atoms with E-state index in [9.17, 15) is 0 Å². The number of hydrogen-bond acceptors (Lipinski definition) is 5. The highest BCUT2D eigenvalue weighted by Crippen LogP contribution is 2.27. The lowest BCUT2D eigenvalue weighted by atomic mass is 10.2. The van der Waals surface area contributed by atoms with Crippen molar-refractivity contribution in [1.29, 1.82) is 0 Å². The van der Waals surface area contributed by atoms with E-state index in [2.05, 4.69) is 48.5 Å². The van der Waals surface area contributed by atoms with Crippen molar-refractivity contribution in [2.75, 3.05) is 37.8 Å². The first kappa shape index (κ1) is 11.6. The fourth-order valence-electron chi connectivity index (χ4n) is 1.89. The lowest BCUT2D eigenvalue weighted by molar-refractivity contribution is 0.414. The second-order valence-corrected chi connectivity index (χ2v) is 4.82. The van der Waals surface area contributed by atoms with Crippen LogP contribution in [0.1, 0.15) is 6.42 Å². The Balaban J connectivity index is 2.09. The van der Waals surface area contributed by atoms with Crippen LogP contribution in [0.5, 0.6) is 0 Å². The van der Waals surface area contributed by atoms with E-state index in [1.807, 2.05) is 7.05 Å². The maximum absolute atomic E-state index is 4.25. The minimum Gasteiger partial charge on any atom is -0.372 e. The highest BCUT2D eigenvalue weighted by molar-refractivity contribution is 9.10. The van der Waals surface area contributed by atoms with Gasteiger partial charge in [-0.3, -0.25) is 0 Å². The summed E-state index contributed by atoms with van der Waals surface area (Å²) in [6, 6.07) is 0.473. The Bertz CT molecular complexity index is 370. The summed E-state index contributed by atoms with van der Waals surface area (Å²) in [5.41, 5.74) is 0. The number of halogens is 1. The molecule has 0 bridgehead atoms. The van der Waals surface area contributed by atoms with Gasteiger partial charge >= 0.3 is 0 Å².